The van der Waals surface area contributed by atoms with Gasteiger partial charge in [-0.1, -0.05) is 0 Å². The van der Waals surface area contributed by atoms with Gasteiger partial charge in [-0.05, 0) is 32.9 Å². The second-order valence-corrected chi connectivity index (χ2v) is 4.54. The lowest BCUT2D eigenvalue weighted by Gasteiger charge is -2.29. The predicted molar refractivity (Wildman–Crippen MR) is 62.4 cm³/mol. The molecule has 92 valence electrons. The maximum atomic E-state index is 10.8. The SMILES string of the molecule is Cc1cnc(CN2CCC(C(=O)O)CC2)cn1. The van der Waals surface area contributed by atoms with E-state index in [4.69, 9.17) is 5.11 Å². The summed E-state index contributed by atoms with van der Waals surface area (Å²) in [6.07, 6.45) is 5.02. The minimum Gasteiger partial charge on any atom is -0.481 e. The Labute approximate surface area is 100 Å². The Hall–Kier alpha value is -1.49. The van der Waals surface area contributed by atoms with Gasteiger partial charge in [0.2, 0.25) is 0 Å². The van der Waals surface area contributed by atoms with Gasteiger partial charge in [-0.25, -0.2) is 0 Å². The molecule has 1 aliphatic rings. The lowest BCUT2D eigenvalue weighted by Crippen LogP contribution is -2.36. The van der Waals surface area contributed by atoms with Crippen molar-refractivity contribution in [1.29, 1.82) is 0 Å². The molecule has 1 aromatic rings. The molecule has 1 aliphatic heterocycles. The van der Waals surface area contributed by atoms with Crippen molar-refractivity contribution in [1.82, 2.24) is 14.9 Å². The Morgan fingerprint density at radius 3 is 2.65 bits per heavy atom. The summed E-state index contributed by atoms with van der Waals surface area (Å²) in [4.78, 5) is 21.6. The van der Waals surface area contributed by atoms with Gasteiger partial charge in [0.15, 0.2) is 0 Å². The molecule has 1 fully saturated rings. The summed E-state index contributed by atoms with van der Waals surface area (Å²) < 4.78 is 0. The number of rotatable bonds is 3. The van der Waals surface area contributed by atoms with Crippen LogP contribution in [0, 0.1) is 12.8 Å². The highest BCUT2D eigenvalue weighted by molar-refractivity contribution is 5.70. The molecule has 0 amide bonds. The van der Waals surface area contributed by atoms with E-state index in [1.807, 2.05) is 6.92 Å². The van der Waals surface area contributed by atoms with Crippen molar-refractivity contribution in [2.75, 3.05) is 13.1 Å². The Kier molecular flexibility index (Phi) is 3.68. The highest BCUT2D eigenvalue weighted by atomic mass is 16.4. The summed E-state index contributed by atoms with van der Waals surface area (Å²) >= 11 is 0. The third kappa shape index (κ3) is 3.23. The minimum atomic E-state index is -0.667. The van der Waals surface area contributed by atoms with E-state index in [-0.39, 0.29) is 5.92 Å². The van der Waals surface area contributed by atoms with Crippen molar-refractivity contribution in [2.45, 2.75) is 26.3 Å². The number of carbonyl (C=O) groups is 1. The zero-order valence-corrected chi connectivity index (χ0v) is 9.96. The van der Waals surface area contributed by atoms with Crippen molar-refractivity contribution in [2.24, 2.45) is 5.92 Å². The van der Waals surface area contributed by atoms with Gasteiger partial charge < -0.3 is 5.11 Å². The number of carboxylic acids is 1. The van der Waals surface area contributed by atoms with Crippen molar-refractivity contribution < 1.29 is 9.90 Å². The maximum Gasteiger partial charge on any atom is 0.306 e. The van der Waals surface area contributed by atoms with Crippen LogP contribution in [0.5, 0.6) is 0 Å². The van der Waals surface area contributed by atoms with Crippen molar-refractivity contribution >= 4 is 5.97 Å². The number of hydrogen-bond acceptors (Lipinski definition) is 4. The molecule has 5 nitrogen and oxygen atoms in total. The van der Waals surface area contributed by atoms with Crippen LogP contribution in [0.1, 0.15) is 24.2 Å². The van der Waals surface area contributed by atoms with Crippen LogP contribution in [-0.2, 0) is 11.3 Å². The molecule has 2 rings (SSSR count). The number of piperidine rings is 1. The van der Waals surface area contributed by atoms with Crippen molar-refractivity contribution in [3.63, 3.8) is 0 Å². The molecule has 0 atom stereocenters. The zero-order valence-electron chi connectivity index (χ0n) is 9.96. The minimum absolute atomic E-state index is 0.171. The van der Waals surface area contributed by atoms with E-state index < -0.39 is 5.97 Å². The average molecular weight is 235 g/mol. The van der Waals surface area contributed by atoms with Crippen LogP contribution < -0.4 is 0 Å². The first-order valence-electron chi connectivity index (χ1n) is 5.88. The molecule has 17 heavy (non-hydrogen) atoms. The van der Waals surface area contributed by atoms with Gasteiger partial charge in [0.25, 0.3) is 0 Å². The van der Waals surface area contributed by atoms with Crippen LogP contribution in [0.25, 0.3) is 0 Å². The van der Waals surface area contributed by atoms with Gasteiger partial charge in [0, 0.05) is 18.9 Å². The van der Waals surface area contributed by atoms with E-state index in [1.165, 1.54) is 0 Å². The Morgan fingerprint density at radius 1 is 1.41 bits per heavy atom. The van der Waals surface area contributed by atoms with Gasteiger partial charge >= 0.3 is 5.97 Å². The number of likely N-dealkylation sites (tertiary alicyclic amines) is 1. The predicted octanol–water partition coefficient (Wildman–Crippen LogP) is 1.08. The van der Waals surface area contributed by atoms with E-state index in [1.54, 1.807) is 12.4 Å². The molecular formula is C12H17N3O2. The molecule has 0 aromatic carbocycles. The fourth-order valence-corrected chi connectivity index (χ4v) is 2.07. The lowest BCUT2D eigenvalue weighted by atomic mass is 9.97. The maximum absolute atomic E-state index is 10.8. The molecule has 0 saturated carbocycles. The molecule has 1 aromatic heterocycles. The van der Waals surface area contributed by atoms with E-state index in [0.717, 1.165) is 43.9 Å². The molecule has 0 radical (unpaired) electrons. The lowest BCUT2D eigenvalue weighted by molar-refractivity contribution is -0.143. The van der Waals surface area contributed by atoms with Crippen LogP contribution in [-0.4, -0.2) is 39.0 Å². The largest absolute Gasteiger partial charge is 0.481 e. The monoisotopic (exact) mass is 235 g/mol. The molecule has 0 aliphatic carbocycles. The van der Waals surface area contributed by atoms with Crippen LogP contribution in [0.2, 0.25) is 0 Å². The number of aryl methyl sites for hydroxylation is 1. The summed E-state index contributed by atoms with van der Waals surface area (Å²) in [5.41, 5.74) is 1.86. The van der Waals surface area contributed by atoms with Crippen LogP contribution in [0.15, 0.2) is 12.4 Å². The summed E-state index contributed by atoms with van der Waals surface area (Å²) in [5.74, 6) is -0.838. The molecule has 2 heterocycles. The molecule has 0 bridgehead atoms. The third-order valence-electron chi connectivity index (χ3n) is 3.16. The standard InChI is InChI=1S/C12H17N3O2/c1-9-6-14-11(7-13-9)8-15-4-2-10(3-5-15)12(16)17/h6-7,10H,2-5,8H2,1H3,(H,16,17). The average Bonchev–Trinajstić information content (AvgIpc) is 2.33. The van der Waals surface area contributed by atoms with Gasteiger partial charge in [0.05, 0.1) is 17.3 Å². The second kappa shape index (κ2) is 5.23. The highest BCUT2D eigenvalue weighted by Crippen LogP contribution is 2.18. The van der Waals surface area contributed by atoms with E-state index in [9.17, 15) is 4.79 Å². The summed E-state index contributed by atoms with van der Waals surface area (Å²) in [7, 11) is 0. The van der Waals surface area contributed by atoms with Crippen molar-refractivity contribution in [3.05, 3.63) is 23.8 Å². The number of aromatic nitrogens is 2. The first-order chi connectivity index (χ1) is 8.15. The van der Waals surface area contributed by atoms with Gasteiger partial charge in [-0.15, -0.1) is 0 Å². The van der Waals surface area contributed by atoms with E-state index >= 15 is 0 Å². The van der Waals surface area contributed by atoms with Crippen LogP contribution >= 0.6 is 0 Å². The molecule has 1 N–H and O–H groups in total. The normalized spacial score (nSPS) is 18.2. The van der Waals surface area contributed by atoms with Gasteiger partial charge in [-0.2, -0.15) is 0 Å². The number of hydrogen-bond donors (Lipinski definition) is 1. The van der Waals surface area contributed by atoms with Crippen LogP contribution in [0.4, 0.5) is 0 Å². The molecular weight excluding hydrogens is 218 g/mol. The topological polar surface area (TPSA) is 66.3 Å². The molecule has 1 saturated heterocycles. The fraction of sp³-hybridized carbons (Fsp3) is 0.583. The highest BCUT2D eigenvalue weighted by Gasteiger charge is 2.24. The summed E-state index contributed by atoms with van der Waals surface area (Å²) in [6, 6.07) is 0. The molecule has 0 unspecified atom stereocenters. The number of carboxylic acid groups (broad SMARTS) is 1. The fourth-order valence-electron chi connectivity index (χ4n) is 2.07. The number of nitrogens with zero attached hydrogens (tertiary/aromatic N) is 3. The second-order valence-electron chi connectivity index (χ2n) is 4.54. The van der Waals surface area contributed by atoms with Crippen LogP contribution in [0.3, 0.4) is 0 Å². The van der Waals surface area contributed by atoms with E-state index in [0.29, 0.717) is 0 Å². The third-order valence-corrected chi connectivity index (χ3v) is 3.16. The quantitative estimate of drug-likeness (QED) is 0.849. The van der Waals surface area contributed by atoms with E-state index in [2.05, 4.69) is 14.9 Å². The molecule has 5 heteroatoms. The smallest absolute Gasteiger partial charge is 0.306 e. The van der Waals surface area contributed by atoms with Gasteiger partial charge in [0.1, 0.15) is 0 Å². The summed E-state index contributed by atoms with van der Waals surface area (Å²) in [5, 5.41) is 8.90. The molecule has 0 spiro atoms. The Balaban J connectivity index is 1.85. The van der Waals surface area contributed by atoms with Crippen molar-refractivity contribution in [3.8, 4) is 0 Å². The first-order valence-corrected chi connectivity index (χ1v) is 5.88. The van der Waals surface area contributed by atoms with Gasteiger partial charge in [-0.3, -0.25) is 19.7 Å². The zero-order chi connectivity index (χ0) is 12.3. The Bertz CT molecular complexity index is 383. The Morgan fingerprint density at radius 2 is 2.12 bits per heavy atom. The first kappa shape index (κ1) is 12.0. The summed E-state index contributed by atoms with van der Waals surface area (Å²) in [6.45, 7) is 4.33. The number of aliphatic carboxylic acids is 1.